The van der Waals surface area contributed by atoms with E-state index in [9.17, 15) is 18.0 Å². The fourth-order valence-electron chi connectivity index (χ4n) is 1.91. The fourth-order valence-corrected chi connectivity index (χ4v) is 2.38. The number of carbonyl (C=O) groups is 1. The van der Waals surface area contributed by atoms with Crippen molar-refractivity contribution < 1.29 is 18.0 Å². The summed E-state index contributed by atoms with van der Waals surface area (Å²) >= 11 is 2.86. The molecular weight excluding hydrogens is 359 g/mol. The molecule has 0 bridgehead atoms. The molecule has 0 saturated carbocycles. The number of amides is 1. The lowest BCUT2D eigenvalue weighted by Gasteiger charge is -2.12. The normalized spacial score (nSPS) is 11.4. The van der Waals surface area contributed by atoms with Crippen molar-refractivity contribution in [3.8, 4) is 0 Å². The molecule has 0 heterocycles. The van der Waals surface area contributed by atoms with Gasteiger partial charge >= 0.3 is 6.18 Å². The Hall–Kier alpha value is -1.82. The Kier molecular flexibility index (Phi) is 4.60. The molecule has 1 amide bonds. The summed E-state index contributed by atoms with van der Waals surface area (Å²) in [5, 5.41) is 2.48. The molecule has 0 aliphatic heterocycles. The molecule has 0 atom stereocenters. The third-order valence-corrected chi connectivity index (χ3v) is 3.99. The van der Waals surface area contributed by atoms with Gasteiger partial charge in [0, 0.05) is 15.7 Å². The van der Waals surface area contributed by atoms with Gasteiger partial charge in [-0.2, -0.15) is 13.2 Å². The third-order valence-electron chi connectivity index (χ3n) is 3.30. The van der Waals surface area contributed by atoms with Crippen molar-refractivity contribution in [3.05, 3.63) is 63.1 Å². The highest BCUT2D eigenvalue weighted by molar-refractivity contribution is 9.10. The number of anilines is 1. The van der Waals surface area contributed by atoms with E-state index in [-0.39, 0.29) is 10.2 Å². The van der Waals surface area contributed by atoms with E-state index in [0.717, 1.165) is 17.2 Å². The van der Waals surface area contributed by atoms with Crippen molar-refractivity contribution >= 4 is 27.5 Å². The van der Waals surface area contributed by atoms with Gasteiger partial charge in [0.1, 0.15) is 0 Å². The number of alkyl halides is 3. The monoisotopic (exact) mass is 371 g/mol. The van der Waals surface area contributed by atoms with Crippen LogP contribution in [0.2, 0.25) is 0 Å². The van der Waals surface area contributed by atoms with Gasteiger partial charge in [-0.25, -0.2) is 0 Å². The molecule has 6 heteroatoms. The quantitative estimate of drug-likeness (QED) is 0.758. The Balaban J connectivity index is 2.27. The van der Waals surface area contributed by atoms with E-state index in [1.54, 1.807) is 18.2 Å². The minimum atomic E-state index is -4.49. The van der Waals surface area contributed by atoms with Gasteiger partial charge in [-0.1, -0.05) is 22.0 Å². The lowest BCUT2D eigenvalue weighted by molar-refractivity contribution is -0.138. The Morgan fingerprint density at radius 2 is 1.73 bits per heavy atom. The summed E-state index contributed by atoms with van der Waals surface area (Å²) in [5.74, 6) is -0.446. The molecule has 0 fully saturated rings. The van der Waals surface area contributed by atoms with Gasteiger partial charge in [0.2, 0.25) is 0 Å². The molecule has 0 unspecified atom stereocenters. The number of rotatable bonds is 2. The van der Waals surface area contributed by atoms with E-state index in [4.69, 9.17) is 0 Å². The smallest absolute Gasteiger partial charge is 0.322 e. The largest absolute Gasteiger partial charge is 0.417 e. The Morgan fingerprint density at radius 1 is 1.05 bits per heavy atom. The van der Waals surface area contributed by atoms with Gasteiger partial charge < -0.3 is 5.32 Å². The first-order valence-electron chi connectivity index (χ1n) is 6.44. The second-order valence-corrected chi connectivity index (χ2v) is 5.80. The van der Waals surface area contributed by atoms with Crippen LogP contribution in [0.4, 0.5) is 18.9 Å². The van der Waals surface area contributed by atoms with E-state index >= 15 is 0 Å². The van der Waals surface area contributed by atoms with Gasteiger partial charge in [0.05, 0.1) is 5.56 Å². The highest BCUT2D eigenvalue weighted by Crippen LogP contribution is 2.36. The molecule has 22 heavy (non-hydrogen) atoms. The van der Waals surface area contributed by atoms with Crippen LogP contribution >= 0.6 is 15.9 Å². The predicted octanol–water partition coefficient (Wildman–Crippen LogP) is 5.34. The average Bonchev–Trinajstić information content (AvgIpc) is 2.42. The summed E-state index contributed by atoms with van der Waals surface area (Å²) in [7, 11) is 0. The van der Waals surface area contributed by atoms with E-state index in [1.165, 1.54) is 12.1 Å². The van der Waals surface area contributed by atoms with Gasteiger partial charge in [-0.05, 0) is 55.3 Å². The van der Waals surface area contributed by atoms with Gasteiger partial charge in [0.25, 0.3) is 5.91 Å². The molecule has 0 aliphatic carbocycles. The zero-order valence-electron chi connectivity index (χ0n) is 11.9. The average molecular weight is 372 g/mol. The topological polar surface area (TPSA) is 29.1 Å². The molecule has 2 nitrogen and oxygen atoms in total. The maximum Gasteiger partial charge on any atom is 0.417 e. The lowest BCUT2D eigenvalue weighted by atomic mass is 10.1. The van der Waals surface area contributed by atoms with Crippen molar-refractivity contribution in [2.75, 3.05) is 5.32 Å². The van der Waals surface area contributed by atoms with Gasteiger partial charge in [-0.15, -0.1) is 0 Å². The number of carbonyl (C=O) groups excluding carboxylic acids is 1. The molecule has 116 valence electrons. The van der Waals surface area contributed by atoms with Crippen LogP contribution in [0.5, 0.6) is 0 Å². The van der Waals surface area contributed by atoms with E-state index in [2.05, 4.69) is 21.2 Å². The maximum absolute atomic E-state index is 12.8. The van der Waals surface area contributed by atoms with Crippen LogP contribution in [0.3, 0.4) is 0 Å². The van der Waals surface area contributed by atoms with E-state index < -0.39 is 17.6 Å². The van der Waals surface area contributed by atoms with Crippen LogP contribution in [-0.2, 0) is 6.18 Å². The lowest BCUT2D eigenvalue weighted by Crippen LogP contribution is -2.13. The second-order valence-electron chi connectivity index (χ2n) is 4.95. The molecule has 2 rings (SSSR count). The van der Waals surface area contributed by atoms with Gasteiger partial charge in [-0.3, -0.25) is 4.79 Å². The fraction of sp³-hybridized carbons (Fsp3) is 0.188. The van der Waals surface area contributed by atoms with Crippen molar-refractivity contribution in [2.45, 2.75) is 20.0 Å². The zero-order chi connectivity index (χ0) is 16.5. The number of hydrogen-bond acceptors (Lipinski definition) is 1. The number of nitrogens with one attached hydrogen (secondary N) is 1. The van der Waals surface area contributed by atoms with E-state index in [0.29, 0.717) is 5.56 Å². The third kappa shape index (κ3) is 3.68. The number of aryl methyl sites for hydroxylation is 2. The summed E-state index contributed by atoms with van der Waals surface area (Å²) in [4.78, 5) is 12.1. The molecule has 0 aliphatic rings. The van der Waals surface area contributed by atoms with Crippen LogP contribution in [-0.4, -0.2) is 5.91 Å². The molecule has 1 N–H and O–H groups in total. The first-order valence-corrected chi connectivity index (χ1v) is 7.23. The Bertz CT molecular complexity index is 726. The minimum Gasteiger partial charge on any atom is -0.322 e. The minimum absolute atomic E-state index is 0.0656. The van der Waals surface area contributed by atoms with Crippen LogP contribution in [0.1, 0.15) is 27.0 Å². The first kappa shape index (κ1) is 16.5. The molecular formula is C16H13BrF3NO. The first-order chi connectivity index (χ1) is 10.2. The SMILES string of the molecule is Cc1ccc(C(=O)Nc2ccc(Br)c(C(F)(F)F)c2)cc1C. The molecule has 0 saturated heterocycles. The summed E-state index contributed by atoms with van der Waals surface area (Å²) < 4.78 is 38.5. The van der Waals surface area contributed by atoms with Crippen LogP contribution in [0.15, 0.2) is 40.9 Å². The van der Waals surface area contributed by atoms with Crippen LogP contribution in [0.25, 0.3) is 0 Å². The summed E-state index contributed by atoms with van der Waals surface area (Å²) in [5.41, 5.74) is 1.66. The van der Waals surface area contributed by atoms with Crippen molar-refractivity contribution in [2.24, 2.45) is 0 Å². The molecule has 0 aromatic heterocycles. The van der Waals surface area contributed by atoms with E-state index in [1.807, 2.05) is 13.8 Å². The van der Waals surface area contributed by atoms with Gasteiger partial charge in [0.15, 0.2) is 0 Å². The molecule has 2 aromatic rings. The molecule has 2 aromatic carbocycles. The highest BCUT2D eigenvalue weighted by Gasteiger charge is 2.33. The summed E-state index contributed by atoms with van der Waals surface area (Å²) in [6.45, 7) is 3.79. The highest BCUT2D eigenvalue weighted by atomic mass is 79.9. The number of benzene rings is 2. The summed E-state index contributed by atoms with van der Waals surface area (Å²) in [6, 6.07) is 8.72. The Labute approximate surface area is 134 Å². The predicted molar refractivity (Wildman–Crippen MR) is 83.0 cm³/mol. The Morgan fingerprint density at radius 3 is 2.32 bits per heavy atom. The molecule has 0 spiro atoms. The molecule has 0 radical (unpaired) electrons. The standard InChI is InChI=1S/C16H13BrF3NO/c1-9-3-4-11(7-10(9)2)15(22)21-12-5-6-14(17)13(8-12)16(18,19)20/h3-8H,1-2H3,(H,21,22). The maximum atomic E-state index is 12.8. The van der Waals surface area contributed by atoms with Crippen molar-refractivity contribution in [3.63, 3.8) is 0 Å². The van der Waals surface area contributed by atoms with Crippen LogP contribution < -0.4 is 5.32 Å². The van der Waals surface area contributed by atoms with Crippen molar-refractivity contribution in [1.29, 1.82) is 0 Å². The van der Waals surface area contributed by atoms with Crippen LogP contribution in [0, 0.1) is 13.8 Å². The number of halogens is 4. The van der Waals surface area contributed by atoms with Crippen molar-refractivity contribution in [1.82, 2.24) is 0 Å². The zero-order valence-corrected chi connectivity index (χ0v) is 13.5. The number of hydrogen-bond donors (Lipinski definition) is 1. The summed E-state index contributed by atoms with van der Waals surface area (Å²) in [6.07, 6.45) is -4.49. The second kappa shape index (κ2) is 6.12.